The summed E-state index contributed by atoms with van der Waals surface area (Å²) in [5, 5.41) is 20.9. The van der Waals surface area contributed by atoms with E-state index < -0.39 is 5.97 Å². The molecule has 96 valence electrons. The van der Waals surface area contributed by atoms with Gasteiger partial charge in [-0.15, -0.1) is 11.3 Å². The summed E-state index contributed by atoms with van der Waals surface area (Å²) in [6.45, 7) is 3.88. The minimum atomic E-state index is -0.863. The second kappa shape index (κ2) is 7.42. The van der Waals surface area contributed by atoms with E-state index in [1.54, 1.807) is 6.07 Å². The normalized spacial score (nSPS) is 12.6. The Morgan fingerprint density at radius 3 is 2.88 bits per heavy atom. The average Bonchev–Trinajstić information content (AvgIpc) is 2.77. The highest BCUT2D eigenvalue weighted by molar-refractivity contribution is 7.13. The van der Waals surface area contributed by atoms with Crippen molar-refractivity contribution in [2.45, 2.75) is 26.3 Å². The van der Waals surface area contributed by atoms with Crippen LogP contribution in [0.15, 0.2) is 12.1 Å². The molecular formula is C12H19NO3S. The molecule has 1 rings (SSSR count). The predicted molar refractivity (Wildman–Crippen MR) is 68.5 cm³/mol. The third kappa shape index (κ3) is 5.30. The molecule has 4 nitrogen and oxygen atoms in total. The van der Waals surface area contributed by atoms with Crippen molar-refractivity contribution in [3.8, 4) is 0 Å². The Labute approximate surface area is 105 Å². The van der Waals surface area contributed by atoms with E-state index in [-0.39, 0.29) is 6.61 Å². The summed E-state index contributed by atoms with van der Waals surface area (Å²) in [5.74, 6) is -0.504. The number of carboxylic acids is 1. The van der Waals surface area contributed by atoms with Crippen molar-refractivity contribution in [1.29, 1.82) is 0 Å². The maximum absolute atomic E-state index is 10.7. The van der Waals surface area contributed by atoms with Crippen LogP contribution < -0.4 is 5.32 Å². The van der Waals surface area contributed by atoms with Gasteiger partial charge in [0.15, 0.2) is 0 Å². The van der Waals surface area contributed by atoms with Crippen molar-refractivity contribution in [1.82, 2.24) is 5.32 Å². The van der Waals surface area contributed by atoms with Gasteiger partial charge in [0.05, 0.1) is 0 Å². The lowest BCUT2D eigenvalue weighted by molar-refractivity contribution is 0.0702. The van der Waals surface area contributed by atoms with E-state index in [4.69, 9.17) is 10.2 Å². The van der Waals surface area contributed by atoms with Crippen molar-refractivity contribution in [3.05, 3.63) is 21.9 Å². The Hall–Kier alpha value is -0.910. The number of rotatable bonds is 8. The topological polar surface area (TPSA) is 69.6 Å². The first-order chi connectivity index (χ1) is 8.13. The molecule has 0 saturated carbocycles. The summed E-state index contributed by atoms with van der Waals surface area (Å²) < 4.78 is 0. The molecule has 0 spiro atoms. The summed E-state index contributed by atoms with van der Waals surface area (Å²) in [5.41, 5.74) is 0. The van der Waals surface area contributed by atoms with Crippen LogP contribution in [0.1, 0.15) is 34.3 Å². The number of aliphatic hydroxyl groups is 1. The first kappa shape index (κ1) is 14.2. The average molecular weight is 257 g/mol. The van der Waals surface area contributed by atoms with Crippen molar-refractivity contribution in [2.75, 3.05) is 13.2 Å². The lowest BCUT2D eigenvalue weighted by atomic mass is 10.1. The smallest absolute Gasteiger partial charge is 0.345 e. The molecule has 5 heteroatoms. The highest BCUT2D eigenvalue weighted by atomic mass is 32.1. The standard InChI is InChI=1S/C12H19NO3S/c1-9(8-14)3-2-6-13-7-10-4-5-11(17-10)12(15)16/h4-5,9,13-14H,2-3,6-8H2,1H3,(H,15,16). The van der Waals surface area contributed by atoms with Crippen molar-refractivity contribution >= 4 is 17.3 Å². The molecular weight excluding hydrogens is 238 g/mol. The number of nitrogens with one attached hydrogen (secondary N) is 1. The molecule has 0 radical (unpaired) electrons. The molecule has 0 fully saturated rings. The van der Waals surface area contributed by atoms with E-state index in [0.717, 1.165) is 24.3 Å². The maximum atomic E-state index is 10.7. The molecule has 0 aliphatic rings. The number of carboxylic acid groups (broad SMARTS) is 1. The van der Waals surface area contributed by atoms with Crippen LogP contribution in [-0.2, 0) is 6.54 Å². The molecule has 1 atom stereocenters. The van der Waals surface area contributed by atoms with Gasteiger partial charge in [0, 0.05) is 18.0 Å². The molecule has 0 amide bonds. The summed E-state index contributed by atoms with van der Waals surface area (Å²) in [7, 11) is 0. The van der Waals surface area contributed by atoms with Crippen LogP contribution in [0.3, 0.4) is 0 Å². The Morgan fingerprint density at radius 2 is 2.29 bits per heavy atom. The van der Waals surface area contributed by atoms with Gasteiger partial charge in [-0.2, -0.15) is 0 Å². The zero-order chi connectivity index (χ0) is 12.7. The third-order valence-corrected chi connectivity index (χ3v) is 3.61. The summed E-state index contributed by atoms with van der Waals surface area (Å²) >= 11 is 1.31. The fourth-order valence-corrected chi connectivity index (χ4v) is 2.28. The minimum Gasteiger partial charge on any atom is -0.477 e. The summed E-state index contributed by atoms with van der Waals surface area (Å²) in [4.78, 5) is 12.1. The van der Waals surface area contributed by atoms with E-state index in [1.807, 2.05) is 13.0 Å². The Kier molecular flexibility index (Phi) is 6.18. The van der Waals surface area contributed by atoms with E-state index in [0.29, 0.717) is 17.3 Å². The van der Waals surface area contributed by atoms with E-state index >= 15 is 0 Å². The summed E-state index contributed by atoms with van der Waals surface area (Å²) in [6.07, 6.45) is 2.03. The highest BCUT2D eigenvalue weighted by Gasteiger charge is 2.06. The van der Waals surface area contributed by atoms with Gasteiger partial charge < -0.3 is 15.5 Å². The molecule has 1 unspecified atom stereocenters. The number of hydrogen-bond donors (Lipinski definition) is 3. The Morgan fingerprint density at radius 1 is 1.53 bits per heavy atom. The highest BCUT2D eigenvalue weighted by Crippen LogP contribution is 2.16. The molecule has 0 bridgehead atoms. The lowest BCUT2D eigenvalue weighted by Gasteiger charge is -2.07. The Balaban J connectivity index is 2.15. The molecule has 1 aromatic heterocycles. The van der Waals surface area contributed by atoms with Gasteiger partial charge in [-0.25, -0.2) is 4.79 Å². The van der Waals surface area contributed by atoms with Crippen LogP contribution >= 0.6 is 11.3 Å². The molecule has 3 N–H and O–H groups in total. The zero-order valence-electron chi connectivity index (χ0n) is 9.98. The van der Waals surface area contributed by atoms with Gasteiger partial charge in [-0.3, -0.25) is 0 Å². The van der Waals surface area contributed by atoms with Crippen molar-refractivity contribution in [3.63, 3.8) is 0 Å². The number of thiophene rings is 1. The van der Waals surface area contributed by atoms with Crippen molar-refractivity contribution in [2.24, 2.45) is 5.92 Å². The minimum absolute atomic E-state index is 0.243. The van der Waals surface area contributed by atoms with Gasteiger partial charge >= 0.3 is 5.97 Å². The van der Waals surface area contributed by atoms with Gasteiger partial charge in [0.1, 0.15) is 4.88 Å². The number of hydrogen-bond acceptors (Lipinski definition) is 4. The quantitative estimate of drug-likeness (QED) is 0.623. The zero-order valence-corrected chi connectivity index (χ0v) is 10.8. The van der Waals surface area contributed by atoms with E-state index in [1.165, 1.54) is 11.3 Å². The van der Waals surface area contributed by atoms with E-state index in [9.17, 15) is 4.79 Å². The van der Waals surface area contributed by atoms with Gasteiger partial charge in [-0.1, -0.05) is 6.92 Å². The monoisotopic (exact) mass is 257 g/mol. The first-order valence-corrected chi connectivity index (χ1v) is 6.58. The predicted octanol–water partition coefficient (Wildman–Crippen LogP) is 1.94. The van der Waals surface area contributed by atoms with Gasteiger partial charge in [0.2, 0.25) is 0 Å². The largest absolute Gasteiger partial charge is 0.477 e. The third-order valence-electron chi connectivity index (χ3n) is 2.53. The summed E-state index contributed by atoms with van der Waals surface area (Å²) in [6, 6.07) is 3.48. The van der Waals surface area contributed by atoms with Crippen LogP contribution in [0.4, 0.5) is 0 Å². The number of carbonyl (C=O) groups is 1. The van der Waals surface area contributed by atoms with E-state index in [2.05, 4.69) is 5.32 Å². The van der Waals surface area contributed by atoms with Crippen molar-refractivity contribution < 1.29 is 15.0 Å². The second-order valence-corrected chi connectivity index (χ2v) is 5.35. The second-order valence-electron chi connectivity index (χ2n) is 4.18. The fraction of sp³-hybridized carbons (Fsp3) is 0.583. The van der Waals surface area contributed by atoms with Crippen LogP contribution in [0.2, 0.25) is 0 Å². The van der Waals surface area contributed by atoms with Gasteiger partial charge in [0.25, 0.3) is 0 Å². The first-order valence-electron chi connectivity index (χ1n) is 5.77. The van der Waals surface area contributed by atoms with Crippen LogP contribution in [-0.4, -0.2) is 29.3 Å². The molecule has 0 aromatic carbocycles. The maximum Gasteiger partial charge on any atom is 0.345 e. The molecule has 1 heterocycles. The SMILES string of the molecule is CC(CO)CCCNCc1ccc(C(=O)O)s1. The van der Waals surface area contributed by atoms with Gasteiger partial charge in [-0.05, 0) is 37.4 Å². The fourth-order valence-electron chi connectivity index (χ4n) is 1.47. The number of aliphatic hydroxyl groups excluding tert-OH is 1. The molecule has 1 aromatic rings. The van der Waals surface area contributed by atoms with Crippen LogP contribution in [0.25, 0.3) is 0 Å². The molecule has 0 saturated heterocycles. The number of aromatic carboxylic acids is 1. The molecule has 0 aliphatic carbocycles. The van der Waals surface area contributed by atoms with Crippen LogP contribution in [0.5, 0.6) is 0 Å². The molecule has 17 heavy (non-hydrogen) atoms. The lowest BCUT2D eigenvalue weighted by Crippen LogP contribution is -2.15. The Bertz CT molecular complexity index is 351. The molecule has 0 aliphatic heterocycles. The van der Waals surface area contributed by atoms with Crippen LogP contribution in [0, 0.1) is 5.92 Å².